The number of halogens is 5. The standard InChI is InChI=1S/C11H10F5NO4S/c1-5-3-7(17-6(2)18)4-8(10(12)13)9(5)21-22(19,20)11(14,15)16/h3-4,10H,1-2H3,(H,17,18). The van der Waals surface area contributed by atoms with Crippen LogP contribution in [0.25, 0.3) is 0 Å². The molecule has 0 fully saturated rings. The number of carbonyl (C=O) groups excluding carboxylic acids is 1. The monoisotopic (exact) mass is 347 g/mol. The van der Waals surface area contributed by atoms with Crippen molar-refractivity contribution >= 4 is 21.7 Å². The lowest BCUT2D eigenvalue weighted by molar-refractivity contribution is -0.114. The van der Waals surface area contributed by atoms with Crippen LogP contribution in [0.2, 0.25) is 0 Å². The van der Waals surface area contributed by atoms with E-state index in [2.05, 4.69) is 9.50 Å². The van der Waals surface area contributed by atoms with Crippen LogP contribution in [0.3, 0.4) is 0 Å². The van der Waals surface area contributed by atoms with E-state index in [1.165, 1.54) is 0 Å². The molecule has 1 aromatic carbocycles. The molecule has 1 amide bonds. The zero-order valence-electron chi connectivity index (χ0n) is 11.2. The lowest BCUT2D eigenvalue weighted by Crippen LogP contribution is -2.28. The molecule has 1 N–H and O–H groups in total. The number of hydrogen-bond acceptors (Lipinski definition) is 4. The van der Waals surface area contributed by atoms with Gasteiger partial charge >= 0.3 is 15.6 Å². The van der Waals surface area contributed by atoms with Gasteiger partial charge in [-0.25, -0.2) is 8.78 Å². The number of aryl methyl sites for hydroxylation is 1. The molecule has 0 heterocycles. The van der Waals surface area contributed by atoms with Crippen molar-refractivity contribution in [3.05, 3.63) is 23.3 Å². The average molecular weight is 347 g/mol. The molecule has 0 unspecified atom stereocenters. The summed E-state index contributed by atoms with van der Waals surface area (Å²) in [6.07, 6.45) is -3.31. The number of carbonyl (C=O) groups is 1. The third kappa shape index (κ3) is 4.06. The molecule has 11 heteroatoms. The van der Waals surface area contributed by atoms with Gasteiger partial charge in [0.15, 0.2) is 5.75 Å². The molecule has 0 saturated heterocycles. The molecular formula is C11H10F5NO4S. The van der Waals surface area contributed by atoms with Gasteiger partial charge in [-0.1, -0.05) is 0 Å². The van der Waals surface area contributed by atoms with E-state index in [1.54, 1.807) is 0 Å². The van der Waals surface area contributed by atoms with Gasteiger partial charge < -0.3 is 9.50 Å². The maximum absolute atomic E-state index is 12.9. The topological polar surface area (TPSA) is 72.5 Å². The van der Waals surface area contributed by atoms with Crippen molar-refractivity contribution in [3.8, 4) is 5.75 Å². The van der Waals surface area contributed by atoms with Crippen molar-refractivity contribution in [1.29, 1.82) is 0 Å². The smallest absolute Gasteiger partial charge is 0.375 e. The first-order valence-electron chi connectivity index (χ1n) is 5.56. The molecule has 0 radical (unpaired) electrons. The predicted octanol–water partition coefficient (Wildman–Crippen LogP) is 3.12. The van der Waals surface area contributed by atoms with Gasteiger partial charge in [0, 0.05) is 12.6 Å². The summed E-state index contributed by atoms with van der Waals surface area (Å²) in [7, 11) is -6.09. The zero-order valence-corrected chi connectivity index (χ0v) is 12.0. The first-order valence-corrected chi connectivity index (χ1v) is 6.97. The molecule has 0 aromatic heterocycles. The second kappa shape index (κ2) is 6.07. The number of amides is 1. The lowest BCUT2D eigenvalue weighted by atomic mass is 10.1. The molecule has 1 rings (SSSR count). The first kappa shape index (κ1) is 18.1. The Bertz CT molecular complexity index is 684. The predicted molar refractivity (Wildman–Crippen MR) is 66.0 cm³/mol. The van der Waals surface area contributed by atoms with Gasteiger partial charge in [0.2, 0.25) is 5.91 Å². The van der Waals surface area contributed by atoms with Crippen LogP contribution in [0.15, 0.2) is 12.1 Å². The third-order valence-corrected chi connectivity index (χ3v) is 3.29. The highest BCUT2D eigenvalue weighted by molar-refractivity contribution is 7.88. The summed E-state index contributed by atoms with van der Waals surface area (Å²) in [5.41, 5.74) is -7.28. The zero-order chi connectivity index (χ0) is 17.3. The van der Waals surface area contributed by atoms with E-state index in [0.29, 0.717) is 6.07 Å². The van der Waals surface area contributed by atoms with E-state index in [1.807, 2.05) is 0 Å². The fourth-order valence-corrected chi connectivity index (χ4v) is 2.05. The summed E-state index contributed by atoms with van der Waals surface area (Å²) in [5, 5.41) is 2.16. The van der Waals surface area contributed by atoms with E-state index >= 15 is 0 Å². The largest absolute Gasteiger partial charge is 0.534 e. The van der Waals surface area contributed by atoms with E-state index in [0.717, 1.165) is 19.9 Å². The van der Waals surface area contributed by atoms with Crippen LogP contribution in [0, 0.1) is 6.92 Å². The molecule has 1 aromatic rings. The molecule has 0 bridgehead atoms. The highest BCUT2D eigenvalue weighted by Crippen LogP contribution is 2.38. The molecule has 124 valence electrons. The summed E-state index contributed by atoms with van der Waals surface area (Å²) in [6, 6.07) is 1.65. The molecule has 0 aliphatic heterocycles. The third-order valence-electron chi connectivity index (χ3n) is 2.34. The minimum absolute atomic E-state index is 0.128. The number of rotatable bonds is 4. The molecule has 22 heavy (non-hydrogen) atoms. The Kier molecular flexibility index (Phi) is 5.00. The fraction of sp³-hybridized carbons (Fsp3) is 0.364. The van der Waals surface area contributed by atoms with Gasteiger partial charge in [0.05, 0.1) is 5.56 Å². The fourth-order valence-electron chi connectivity index (χ4n) is 1.51. The summed E-state index contributed by atoms with van der Waals surface area (Å²) in [5.74, 6) is -1.72. The highest BCUT2D eigenvalue weighted by atomic mass is 32.2. The van der Waals surface area contributed by atoms with Crippen LogP contribution in [0.4, 0.5) is 27.6 Å². The van der Waals surface area contributed by atoms with Crippen molar-refractivity contribution in [2.24, 2.45) is 0 Å². The van der Waals surface area contributed by atoms with Gasteiger partial charge in [-0.05, 0) is 24.6 Å². The highest BCUT2D eigenvalue weighted by Gasteiger charge is 2.49. The van der Waals surface area contributed by atoms with Crippen LogP contribution < -0.4 is 9.50 Å². The van der Waals surface area contributed by atoms with Crippen LogP contribution in [-0.2, 0) is 14.9 Å². The van der Waals surface area contributed by atoms with E-state index < -0.39 is 39.3 Å². The number of nitrogens with one attached hydrogen (secondary N) is 1. The average Bonchev–Trinajstić information content (AvgIpc) is 2.29. The van der Waals surface area contributed by atoms with Crippen molar-refractivity contribution in [3.63, 3.8) is 0 Å². The molecule has 0 aliphatic rings. The quantitative estimate of drug-likeness (QED) is 0.516. The minimum Gasteiger partial charge on any atom is -0.375 e. The SMILES string of the molecule is CC(=O)Nc1cc(C)c(OS(=O)(=O)C(F)(F)F)c(C(F)F)c1. The van der Waals surface area contributed by atoms with E-state index in [-0.39, 0.29) is 11.3 Å². The molecular weight excluding hydrogens is 337 g/mol. The Morgan fingerprint density at radius 3 is 2.23 bits per heavy atom. The maximum atomic E-state index is 12.9. The Morgan fingerprint density at radius 1 is 1.27 bits per heavy atom. The van der Waals surface area contributed by atoms with Crippen molar-refractivity contribution in [2.45, 2.75) is 25.8 Å². The van der Waals surface area contributed by atoms with Crippen LogP contribution >= 0.6 is 0 Å². The second-order valence-corrected chi connectivity index (χ2v) is 5.71. The summed E-state index contributed by atoms with van der Waals surface area (Å²) in [6.45, 7) is 2.16. The maximum Gasteiger partial charge on any atom is 0.534 e. The molecule has 0 spiro atoms. The van der Waals surface area contributed by atoms with Gasteiger partial charge in [-0.2, -0.15) is 21.6 Å². The number of alkyl halides is 5. The second-order valence-electron chi connectivity index (χ2n) is 4.18. The van der Waals surface area contributed by atoms with Crippen molar-refractivity contribution in [1.82, 2.24) is 0 Å². The van der Waals surface area contributed by atoms with E-state index in [9.17, 15) is 35.2 Å². The van der Waals surface area contributed by atoms with Crippen molar-refractivity contribution < 1.29 is 39.3 Å². The van der Waals surface area contributed by atoms with Crippen molar-refractivity contribution in [2.75, 3.05) is 5.32 Å². The van der Waals surface area contributed by atoms with E-state index in [4.69, 9.17) is 0 Å². The Balaban J connectivity index is 3.39. The van der Waals surface area contributed by atoms with Gasteiger partial charge in [-0.15, -0.1) is 0 Å². The van der Waals surface area contributed by atoms with Crippen LogP contribution in [-0.4, -0.2) is 19.8 Å². The summed E-state index contributed by atoms with van der Waals surface area (Å²) >= 11 is 0. The van der Waals surface area contributed by atoms with Gasteiger partial charge in [0.25, 0.3) is 6.43 Å². The van der Waals surface area contributed by atoms with Crippen LogP contribution in [0.5, 0.6) is 5.75 Å². The van der Waals surface area contributed by atoms with Crippen LogP contribution in [0.1, 0.15) is 24.5 Å². The Hall–Kier alpha value is -1.91. The molecule has 0 atom stereocenters. The number of anilines is 1. The Labute approximate surface area is 122 Å². The normalized spacial score (nSPS) is 12.4. The lowest BCUT2D eigenvalue weighted by Gasteiger charge is -2.16. The summed E-state index contributed by atoms with van der Waals surface area (Å²) in [4.78, 5) is 10.9. The number of benzene rings is 1. The molecule has 0 aliphatic carbocycles. The summed E-state index contributed by atoms with van der Waals surface area (Å²) < 4.78 is 88.4. The molecule has 5 nitrogen and oxygen atoms in total. The molecule has 0 saturated carbocycles. The minimum atomic E-state index is -6.09. The Morgan fingerprint density at radius 2 is 1.82 bits per heavy atom. The van der Waals surface area contributed by atoms with Gasteiger partial charge in [-0.3, -0.25) is 4.79 Å². The first-order chi connectivity index (χ1) is 9.85. The van der Waals surface area contributed by atoms with Gasteiger partial charge in [0.1, 0.15) is 0 Å². The number of hydrogen-bond donors (Lipinski definition) is 1.